The van der Waals surface area contributed by atoms with E-state index in [9.17, 15) is 13.2 Å². The van der Waals surface area contributed by atoms with Gasteiger partial charge in [-0.1, -0.05) is 23.4 Å². The van der Waals surface area contributed by atoms with Crippen molar-refractivity contribution in [2.45, 2.75) is 13.1 Å². The second-order valence-corrected chi connectivity index (χ2v) is 4.36. The Bertz CT molecular complexity index is 761. The first kappa shape index (κ1) is 13.3. The number of benzene rings is 1. The summed E-state index contributed by atoms with van der Waals surface area (Å²) < 4.78 is 43.6. The summed E-state index contributed by atoms with van der Waals surface area (Å²) in [5, 5.41) is 7.13. The van der Waals surface area contributed by atoms with Crippen LogP contribution in [-0.4, -0.2) is 19.9 Å². The van der Waals surface area contributed by atoms with Gasteiger partial charge in [0.15, 0.2) is 5.69 Å². The van der Waals surface area contributed by atoms with E-state index < -0.39 is 12.0 Å². The van der Waals surface area contributed by atoms with E-state index >= 15 is 0 Å². The van der Waals surface area contributed by atoms with Crippen molar-refractivity contribution < 1.29 is 17.7 Å². The van der Waals surface area contributed by atoms with Crippen molar-refractivity contribution in [3.05, 3.63) is 47.9 Å². The number of hydrogen-bond donors (Lipinski definition) is 0. The minimum atomic E-state index is -4.64. The summed E-state index contributed by atoms with van der Waals surface area (Å²) >= 11 is 0. The van der Waals surface area contributed by atoms with Crippen LogP contribution in [0.2, 0.25) is 0 Å². The molecule has 1 aromatic carbocycles. The highest BCUT2D eigenvalue weighted by Crippen LogP contribution is 2.29. The first-order chi connectivity index (χ1) is 9.95. The molecule has 0 saturated heterocycles. The summed E-state index contributed by atoms with van der Waals surface area (Å²) in [6.07, 6.45) is -2.96. The lowest BCUT2D eigenvalue weighted by Crippen LogP contribution is -2.07. The highest BCUT2D eigenvalue weighted by atomic mass is 19.4. The largest absolute Gasteiger partial charge is 0.455 e. The van der Waals surface area contributed by atoms with Crippen molar-refractivity contribution in [2.24, 2.45) is 0 Å². The number of halogens is 3. The molecule has 0 atom stereocenters. The van der Waals surface area contributed by atoms with E-state index in [-0.39, 0.29) is 11.6 Å². The van der Waals surface area contributed by atoms with E-state index in [1.807, 2.05) is 30.3 Å². The van der Waals surface area contributed by atoms with Gasteiger partial charge in [-0.05, 0) is 19.1 Å². The summed E-state index contributed by atoms with van der Waals surface area (Å²) in [4.78, 5) is 3.34. The Hall–Kier alpha value is -2.64. The second-order valence-electron chi connectivity index (χ2n) is 4.36. The molecule has 0 aliphatic rings. The van der Waals surface area contributed by atoms with Gasteiger partial charge in [-0.25, -0.2) is 4.68 Å². The van der Waals surface area contributed by atoms with E-state index in [4.69, 9.17) is 0 Å². The molecule has 2 heterocycles. The predicted molar refractivity (Wildman–Crippen MR) is 66.6 cm³/mol. The normalized spacial score (nSPS) is 11.8. The van der Waals surface area contributed by atoms with Crippen molar-refractivity contribution >= 4 is 0 Å². The van der Waals surface area contributed by atoms with E-state index in [1.165, 1.54) is 0 Å². The van der Waals surface area contributed by atoms with E-state index in [2.05, 4.69) is 19.8 Å². The molecule has 3 aromatic rings. The van der Waals surface area contributed by atoms with Gasteiger partial charge >= 0.3 is 6.18 Å². The first-order valence-electron chi connectivity index (χ1n) is 5.98. The van der Waals surface area contributed by atoms with Gasteiger partial charge < -0.3 is 4.52 Å². The third-order valence-electron chi connectivity index (χ3n) is 2.80. The minimum absolute atomic E-state index is 0.224. The second kappa shape index (κ2) is 4.72. The van der Waals surface area contributed by atoms with Crippen LogP contribution in [-0.2, 0) is 6.18 Å². The van der Waals surface area contributed by atoms with E-state index in [0.717, 1.165) is 5.69 Å². The topological polar surface area (TPSA) is 56.7 Å². The summed E-state index contributed by atoms with van der Waals surface area (Å²) in [6, 6.07) is 9.17. The number of alkyl halides is 3. The molecule has 2 aromatic heterocycles. The molecule has 0 bridgehead atoms. The van der Waals surface area contributed by atoms with Crippen LogP contribution in [0.4, 0.5) is 13.2 Å². The molecular formula is C13H9F3N4O. The molecule has 0 saturated carbocycles. The molecule has 21 heavy (non-hydrogen) atoms. The summed E-state index contributed by atoms with van der Waals surface area (Å²) in [5.41, 5.74) is 1.64. The van der Waals surface area contributed by atoms with Crippen LogP contribution in [0.3, 0.4) is 0 Å². The monoisotopic (exact) mass is 294 g/mol. The molecule has 8 heteroatoms. The molecule has 0 N–H and O–H groups in total. The molecule has 5 nitrogen and oxygen atoms in total. The third kappa shape index (κ3) is 2.51. The molecule has 0 aliphatic heterocycles. The Morgan fingerprint density at radius 3 is 2.48 bits per heavy atom. The molecule has 0 radical (unpaired) electrons. The lowest BCUT2D eigenvalue weighted by atomic mass is 10.3. The number of hydrogen-bond acceptors (Lipinski definition) is 4. The van der Waals surface area contributed by atoms with Crippen molar-refractivity contribution in [1.82, 2.24) is 19.9 Å². The van der Waals surface area contributed by atoms with Gasteiger partial charge in [0.25, 0.3) is 11.7 Å². The molecule has 0 aliphatic carbocycles. The average Bonchev–Trinajstić information content (AvgIpc) is 3.05. The standard InChI is InChI=1S/C13H9F3N4O/c1-8-7-20(9-5-3-2-4-6-9)18-10(8)11-17-12(19-21-11)13(14,15)16/h2-7H,1H3. The molecular weight excluding hydrogens is 285 g/mol. The lowest BCUT2D eigenvalue weighted by Gasteiger charge is -1.98. The number of aryl methyl sites for hydroxylation is 1. The summed E-state index contributed by atoms with van der Waals surface area (Å²) in [5.74, 6) is -1.57. The molecule has 3 rings (SSSR count). The van der Waals surface area contributed by atoms with Crippen LogP contribution in [0, 0.1) is 6.92 Å². The first-order valence-corrected chi connectivity index (χ1v) is 5.98. The maximum absolute atomic E-state index is 12.5. The lowest BCUT2D eigenvalue weighted by molar-refractivity contribution is -0.146. The number of para-hydroxylation sites is 1. The van der Waals surface area contributed by atoms with Crippen LogP contribution >= 0.6 is 0 Å². The smallest absolute Gasteiger partial charge is 0.332 e. The zero-order valence-corrected chi connectivity index (χ0v) is 10.8. The highest BCUT2D eigenvalue weighted by Gasteiger charge is 2.37. The predicted octanol–water partition coefficient (Wildman–Crippen LogP) is 3.25. The summed E-state index contributed by atoms with van der Waals surface area (Å²) in [6.45, 7) is 1.71. The van der Waals surface area contributed by atoms with Gasteiger partial charge in [0, 0.05) is 11.8 Å². The Morgan fingerprint density at radius 2 is 1.86 bits per heavy atom. The Balaban J connectivity index is 2.00. The van der Waals surface area contributed by atoms with Crippen LogP contribution in [0.25, 0.3) is 17.3 Å². The Kier molecular flexibility index (Phi) is 3.00. The van der Waals surface area contributed by atoms with E-state index in [0.29, 0.717) is 5.56 Å². The number of rotatable bonds is 2. The van der Waals surface area contributed by atoms with Crippen molar-refractivity contribution in [1.29, 1.82) is 0 Å². The van der Waals surface area contributed by atoms with Gasteiger partial charge in [0.2, 0.25) is 0 Å². The van der Waals surface area contributed by atoms with Crippen molar-refractivity contribution in [3.63, 3.8) is 0 Å². The van der Waals surface area contributed by atoms with Gasteiger partial charge in [0.05, 0.1) is 5.69 Å². The number of aromatic nitrogens is 4. The molecule has 0 fully saturated rings. The van der Waals surface area contributed by atoms with Crippen molar-refractivity contribution in [3.8, 4) is 17.3 Å². The van der Waals surface area contributed by atoms with Crippen LogP contribution in [0.5, 0.6) is 0 Å². The van der Waals surface area contributed by atoms with E-state index in [1.54, 1.807) is 17.8 Å². The summed E-state index contributed by atoms with van der Waals surface area (Å²) in [7, 11) is 0. The average molecular weight is 294 g/mol. The quantitative estimate of drug-likeness (QED) is 0.728. The zero-order valence-electron chi connectivity index (χ0n) is 10.8. The molecule has 0 spiro atoms. The minimum Gasteiger partial charge on any atom is -0.332 e. The van der Waals surface area contributed by atoms with Gasteiger partial charge in [-0.15, -0.1) is 0 Å². The molecule has 108 valence electrons. The maximum atomic E-state index is 12.5. The van der Waals surface area contributed by atoms with Crippen molar-refractivity contribution in [2.75, 3.05) is 0 Å². The molecule has 0 amide bonds. The van der Waals surface area contributed by atoms with Gasteiger partial charge in [0.1, 0.15) is 0 Å². The Labute approximate surface area is 117 Å². The fraction of sp³-hybridized carbons (Fsp3) is 0.154. The Morgan fingerprint density at radius 1 is 1.14 bits per heavy atom. The van der Waals surface area contributed by atoms with Crippen LogP contribution in [0.15, 0.2) is 41.1 Å². The van der Waals surface area contributed by atoms with Gasteiger partial charge in [-0.3, -0.25) is 0 Å². The SMILES string of the molecule is Cc1cn(-c2ccccc2)nc1-c1nc(C(F)(F)F)no1. The zero-order chi connectivity index (χ0) is 15.0. The number of nitrogens with zero attached hydrogens (tertiary/aromatic N) is 4. The van der Waals surface area contributed by atoms with Gasteiger partial charge in [-0.2, -0.15) is 23.3 Å². The highest BCUT2D eigenvalue weighted by molar-refractivity contribution is 5.52. The third-order valence-corrected chi connectivity index (χ3v) is 2.80. The maximum Gasteiger partial charge on any atom is 0.455 e. The van der Waals surface area contributed by atoms with Crippen LogP contribution in [0.1, 0.15) is 11.4 Å². The fourth-order valence-corrected chi connectivity index (χ4v) is 1.82. The fourth-order valence-electron chi connectivity index (χ4n) is 1.82. The molecule has 0 unspecified atom stereocenters. The van der Waals surface area contributed by atoms with Crippen LogP contribution < -0.4 is 0 Å².